The van der Waals surface area contributed by atoms with Gasteiger partial charge in [-0.15, -0.1) is 0 Å². The molecular formula is C33H32F2N4O. The zero-order chi connectivity index (χ0) is 27.7. The van der Waals surface area contributed by atoms with E-state index in [1.54, 1.807) is 24.3 Å². The van der Waals surface area contributed by atoms with Crippen LogP contribution >= 0.6 is 0 Å². The van der Waals surface area contributed by atoms with E-state index in [0.29, 0.717) is 12.5 Å². The van der Waals surface area contributed by atoms with Crippen LogP contribution in [0.1, 0.15) is 54.6 Å². The van der Waals surface area contributed by atoms with Gasteiger partial charge >= 0.3 is 6.03 Å². The lowest BCUT2D eigenvalue weighted by Crippen LogP contribution is -2.39. The molecule has 0 bridgehead atoms. The van der Waals surface area contributed by atoms with Gasteiger partial charge in [-0.25, -0.2) is 18.3 Å². The third-order valence-electron chi connectivity index (χ3n) is 8.62. The fraction of sp³-hybridized carbons (Fsp3) is 0.273. The highest BCUT2D eigenvalue weighted by Gasteiger charge is 2.46. The molecule has 204 valence electrons. The fourth-order valence-electron chi connectivity index (χ4n) is 6.34. The molecule has 6 rings (SSSR count). The van der Waals surface area contributed by atoms with Crippen LogP contribution in [0.3, 0.4) is 0 Å². The van der Waals surface area contributed by atoms with E-state index in [4.69, 9.17) is 0 Å². The molecule has 7 heteroatoms. The van der Waals surface area contributed by atoms with Crippen molar-refractivity contribution in [1.82, 2.24) is 20.4 Å². The van der Waals surface area contributed by atoms with E-state index in [0.717, 1.165) is 48.2 Å². The van der Waals surface area contributed by atoms with Crippen molar-refractivity contribution in [2.24, 2.45) is 11.3 Å². The van der Waals surface area contributed by atoms with Crippen molar-refractivity contribution in [2.75, 3.05) is 0 Å². The molecule has 40 heavy (non-hydrogen) atoms. The Bertz CT molecular complexity index is 1530. The van der Waals surface area contributed by atoms with Gasteiger partial charge in [-0.2, -0.15) is 5.10 Å². The van der Waals surface area contributed by atoms with E-state index in [1.807, 2.05) is 29.1 Å². The molecule has 1 aromatic heterocycles. The number of fused-ring (bicyclic) bond motifs is 2. The van der Waals surface area contributed by atoms with Crippen LogP contribution in [-0.2, 0) is 13.0 Å². The summed E-state index contributed by atoms with van der Waals surface area (Å²) in [5.41, 5.74) is 6.37. The van der Waals surface area contributed by atoms with Gasteiger partial charge in [0.05, 0.1) is 23.6 Å². The van der Waals surface area contributed by atoms with Gasteiger partial charge in [0.25, 0.3) is 0 Å². The largest absolute Gasteiger partial charge is 0.334 e. The second-order valence-corrected chi connectivity index (χ2v) is 11.1. The van der Waals surface area contributed by atoms with Crippen molar-refractivity contribution < 1.29 is 13.6 Å². The van der Waals surface area contributed by atoms with E-state index in [1.165, 1.54) is 35.4 Å². The Hall–Kier alpha value is -4.26. The van der Waals surface area contributed by atoms with Gasteiger partial charge < -0.3 is 10.6 Å². The number of carbonyl (C=O) groups is 1. The monoisotopic (exact) mass is 538 g/mol. The van der Waals surface area contributed by atoms with E-state index in [-0.39, 0.29) is 29.1 Å². The Balaban J connectivity index is 1.20. The van der Waals surface area contributed by atoms with Gasteiger partial charge in [0.2, 0.25) is 0 Å². The summed E-state index contributed by atoms with van der Waals surface area (Å²) in [4.78, 5) is 13.0. The molecule has 0 radical (unpaired) electrons. The minimum atomic E-state index is -0.298. The predicted octanol–water partition coefficient (Wildman–Crippen LogP) is 7.14. The Morgan fingerprint density at radius 1 is 1.02 bits per heavy atom. The summed E-state index contributed by atoms with van der Waals surface area (Å²) < 4.78 is 28.6. The van der Waals surface area contributed by atoms with Gasteiger partial charge in [0, 0.05) is 6.54 Å². The fourth-order valence-corrected chi connectivity index (χ4v) is 6.34. The number of aromatic nitrogens is 2. The number of carbonyl (C=O) groups excluding carboxylic acids is 1. The maximum atomic E-state index is 13.5. The second-order valence-electron chi connectivity index (χ2n) is 11.1. The van der Waals surface area contributed by atoms with Crippen LogP contribution in [0.4, 0.5) is 13.6 Å². The highest BCUT2D eigenvalue weighted by molar-refractivity contribution is 5.74. The number of hydrogen-bond acceptors (Lipinski definition) is 2. The van der Waals surface area contributed by atoms with E-state index in [2.05, 4.69) is 40.9 Å². The summed E-state index contributed by atoms with van der Waals surface area (Å²) in [7, 11) is 0. The van der Waals surface area contributed by atoms with Crippen molar-refractivity contribution in [2.45, 2.75) is 45.2 Å². The summed E-state index contributed by atoms with van der Waals surface area (Å²) >= 11 is 0. The molecular weight excluding hydrogens is 506 g/mol. The van der Waals surface area contributed by atoms with Gasteiger partial charge in [-0.3, -0.25) is 0 Å². The molecule has 0 spiro atoms. The number of rotatable bonds is 7. The molecule has 2 aliphatic rings. The average Bonchev–Trinajstić information content (AvgIpc) is 3.51. The SMILES string of the molecule is CC12Cc3cnn(-c4ccc(F)cc4)c3C=C1CCC2CC(NC(=O)NCc1ccc(F)cc1)c1ccccc1. The van der Waals surface area contributed by atoms with Crippen LogP contribution in [0.2, 0.25) is 0 Å². The first kappa shape index (κ1) is 26.0. The molecule has 2 N–H and O–H groups in total. The number of urea groups is 1. The van der Waals surface area contributed by atoms with Crippen molar-refractivity contribution in [1.29, 1.82) is 0 Å². The smallest absolute Gasteiger partial charge is 0.315 e. The summed E-state index contributed by atoms with van der Waals surface area (Å²) in [6, 6.07) is 22.3. The Morgan fingerprint density at radius 3 is 2.45 bits per heavy atom. The standard InChI is InChI=1S/C33H32F2N4O/c1-33-19-24-21-37-39(29-15-13-28(35)14-16-29)31(24)18-26(33)10-9-25(33)17-30(23-5-3-2-4-6-23)38-32(40)36-20-22-7-11-27(34)12-8-22/h2-8,11-16,18,21,25,30H,9-10,17,19-20H2,1H3,(H2,36,38,40). The first-order chi connectivity index (χ1) is 19.4. The highest BCUT2D eigenvalue weighted by atomic mass is 19.1. The number of nitrogens with one attached hydrogen (secondary N) is 2. The number of amides is 2. The summed E-state index contributed by atoms with van der Waals surface area (Å²) in [6.07, 6.45) is 7.92. The molecule has 0 aliphatic heterocycles. The van der Waals surface area contributed by atoms with Crippen molar-refractivity contribution >= 4 is 12.1 Å². The van der Waals surface area contributed by atoms with Crippen LogP contribution in [0.25, 0.3) is 11.8 Å². The lowest BCUT2D eigenvalue weighted by Gasteiger charge is -2.37. The third-order valence-corrected chi connectivity index (χ3v) is 8.62. The van der Waals surface area contributed by atoms with Crippen LogP contribution in [-0.4, -0.2) is 15.8 Å². The maximum Gasteiger partial charge on any atom is 0.315 e. The van der Waals surface area contributed by atoms with E-state index >= 15 is 0 Å². The second kappa shape index (κ2) is 10.7. The first-order valence-electron chi connectivity index (χ1n) is 13.8. The Kier molecular flexibility index (Phi) is 6.96. The molecule has 0 saturated heterocycles. The van der Waals surface area contributed by atoms with Gasteiger partial charge in [0.1, 0.15) is 11.6 Å². The Morgan fingerprint density at radius 2 is 1.73 bits per heavy atom. The quantitative estimate of drug-likeness (QED) is 0.263. The molecule has 1 fully saturated rings. The van der Waals surface area contributed by atoms with Crippen molar-refractivity contribution in [3.8, 4) is 5.69 Å². The summed E-state index contributed by atoms with van der Waals surface area (Å²) in [5.74, 6) is -0.197. The molecule has 3 aromatic carbocycles. The number of benzene rings is 3. The number of halogens is 2. The minimum absolute atomic E-state index is 0.0387. The molecule has 1 saturated carbocycles. The zero-order valence-electron chi connectivity index (χ0n) is 22.4. The Labute approximate surface area is 232 Å². The molecule has 3 unspecified atom stereocenters. The van der Waals surface area contributed by atoms with Gasteiger partial charge in [-0.05, 0) is 96.2 Å². The summed E-state index contributed by atoms with van der Waals surface area (Å²) in [6.45, 7) is 2.66. The number of allylic oxidation sites excluding steroid dienone is 1. The lowest BCUT2D eigenvalue weighted by molar-refractivity contribution is 0.216. The van der Waals surface area contributed by atoms with Crippen LogP contribution in [0.15, 0.2) is 90.6 Å². The van der Waals surface area contributed by atoms with E-state index < -0.39 is 0 Å². The molecule has 2 aliphatic carbocycles. The average molecular weight is 539 g/mol. The van der Waals surface area contributed by atoms with Gasteiger partial charge in [-0.1, -0.05) is 55.0 Å². The molecule has 2 amide bonds. The van der Waals surface area contributed by atoms with Crippen LogP contribution in [0, 0.1) is 23.0 Å². The normalized spacial score (nSPS) is 20.3. The molecule has 4 aromatic rings. The third kappa shape index (κ3) is 5.16. The van der Waals surface area contributed by atoms with Crippen molar-refractivity contribution in [3.63, 3.8) is 0 Å². The molecule has 1 heterocycles. The van der Waals surface area contributed by atoms with Crippen LogP contribution in [0.5, 0.6) is 0 Å². The molecule has 3 atom stereocenters. The molecule has 5 nitrogen and oxygen atoms in total. The van der Waals surface area contributed by atoms with Crippen LogP contribution < -0.4 is 10.6 Å². The van der Waals surface area contributed by atoms with Crippen molar-refractivity contribution in [3.05, 3.63) is 125 Å². The predicted molar refractivity (Wildman–Crippen MR) is 152 cm³/mol. The van der Waals surface area contributed by atoms with E-state index in [9.17, 15) is 13.6 Å². The number of hydrogen-bond donors (Lipinski definition) is 2. The summed E-state index contributed by atoms with van der Waals surface area (Å²) in [5, 5.41) is 10.8. The maximum absolute atomic E-state index is 13.5. The first-order valence-corrected chi connectivity index (χ1v) is 13.8. The highest BCUT2D eigenvalue weighted by Crippen LogP contribution is 2.55. The minimum Gasteiger partial charge on any atom is -0.334 e. The topological polar surface area (TPSA) is 59.0 Å². The van der Waals surface area contributed by atoms with Gasteiger partial charge in [0.15, 0.2) is 0 Å². The zero-order valence-corrected chi connectivity index (χ0v) is 22.4. The lowest BCUT2D eigenvalue weighted by atomic mass is 9.68. The number of nitrogens with zero attached hydrogens (tertiary/aromatic N) is 2.